The number of hydrogen-bond donors (Lipinski definition) is 0. The lowest BCUT2D eigenvalue weighted by molar-refractivity contribution is -0.111. The van der Waals surface area contributed by atoms with Gasteiger partial charge in [-0.25, -0.2) is 4.99 Å². The van der Waals surface area contributed by atoms with Gasteiger partial charge in [0.1, 0.15) is 0 Å². The molecule has 0 radical (unpaired) electrons. The van der Waals surface area contributed by atoms with Gasteiger partial charge in [-0.2, -0.15) is 0 Å². The molecule has 1 heterocycles. The number of carbonyl (C=O) groups is 1. The predicted octanol–water partition coefficient (Wildman–Crippen LogP) is 4.16. The molecule has 1 aliphatic heterocycles. The zero-order valence-electron chi connectivity index (χ0n) is 12.9. The van der Waals surface area contributed by atoms with Gasteiger partial charge in [0.2, 0.25) is 0 Å². The maximum Gasteiger partial charge on any atom is 0.183 e. The highest BCUT2D eigenvalue weighted by molar-refractivity contribution is 6.26. The summed E-state index contributed by atoms with van der Waals surface area (Å²) >= 11 is 0. The zero-order chi connectivity index (χ0) is 15.9. The summed E-state index contributed by atoms with van der Waals surface area (Å²) in [6, 6.07) is 16.8. The Kier molecular flexibility index (Phi) is 2.02. The van der Waals surface area contributed by atoms with E-state index in [2.05, 4.69) is 54.6 Å². The van der Waals surface area contributed by atoms with Gasteiger partial charge in [0, 0.05) is 17.1 Å². The van der Waals surface area contributed by atoms with Crippen molar-refractivity contribution in [2.24, 2.45) is 4.99 Å². The Hall–Kier alpha value is -3.00. The van der Waals surface area contributed by atoms with Crippen LogP contribution in [0.25, 0.3) is 0 Å². The van der Waals surface area contributed by atoms with Crippen molar-refractivity contribution in [2.75, 3.05) is 0 Å². The molecular weight excluding hydrogens is 294 g/mol. The number of aliphatic imine (C=N–C) groups is 1. The Labute approximate surface area is 139 Å². The first-order chi connectivity index (χ1) is 11.8. The molecule has 2 aromatic carbocycles. The summed E-state index contributed by atoms with van der Waals surface area (Å²) in [5.41, 5.74) is 7.27. The summed E-state index contributed by atoms with van der Waals surface area (Å²) in [6.07, 6.45) is 8.06. The van der Waals surface area contributed by atoms with Crippen LogP contribution < -0.4 is 0 Å². The second-order valence-corrected chi connectivity index (χ2v) is 6.73. The highest BCUT2D eigenvalue weighted by atomic mass is 16.1. The summed E-state index contributed by atoms with van der Waals surface area (Å²) in [6.45, 7) is 0. The highest BCUT2D eigenvalue weighted by Gasteiger charge is 2.53. The first-order valence-electron chi connectivity index (χ1n) is 8.25. The quantitative estimate of drug-likeness (QED) is 0.531. The Bertz CT molecular complexity index is 1080. The number of fused-ring (bicyclic) bond motifs is 1. The smallest absolute Gasteiger partial charge is 0.183 e. The summed E-state index contributed by atoms with van der Waals surface area (Å²) in [4.78, 5) is 17.6. The highest BCUT2D eigenvalue weighted by Crippen LogP contribution is 2.59. The second kappa shape index (κ2) is 3.90. The fourth-order valence-electron chi connectivity index (χ4n) is 4.84. The summed E-state index contributed by atoms with van der Waals surface area (Å²) in [5.74, 6) is 0.169. The van der Waals surface area contributed by atoms with E-state index >= 15 is 0 Å². The van der Waals surface area contributed by atoms with Crippen LogP contribution in [0.1, 0.15) is 22.6 Å². The van der Waals surface area contributed by atoms with E-state index in [0.29, 0.717) is 0 Å². The fourth-order valence-corrected chi connectivity index (χ4v) is 4.84. The number of para-hydroxylation sites is 1. The molecule has 0 N–H and O–H groups in total. The number of carbonyl (C=O) groups excluding carboxylic acids is 1. The molecule has 5 aliphatic rings. The first-order valence-corrected chi connectivity index (χ1v) is 8.25. The van der Waals surface area contributed by atoms with Gasteiger partial charge in [-0.1, -0.05) is 54.6 Å². The van der Waals surface area contributed by atoms with Crippen molar-refractivity contribution in [1.29, 1.82) is 0 Å². The van der Waals surface area contributed by atoms with E-state index in [0.717, 1.165) is 22.5 Å². The predicted molar refractivity (Wildman–Crippen MR) is 93.8 cm³/mol. The second-order valence-electron chi connectivity index (χ2n) is 6.73. The Morgan fingerprint density at radius 3 is 2.62 bits per heavy atom. The average Bonchev–Trinajstić information content (AvgIpc) is 2.65. The topological polar surface area (TPSA) is 29.4 Å². The van der Waals surface area contributed by atoms with Gasteiger partial charge < -0.3 is 0 Å². The molecule has 4 aliphatic carbocycles. The third-order valence-corrected chi connectivity index (χ3v) is 5.72. The van der Waals surface area contributed by atoms with Gasteiger partial charge >= 0.3 is 0 Å². The standard InChI is InChI=1S/C22H13NO/c24-19-10-9-18-21-20(19)14-11-12-22(21,15-6-2-1-5-13(14)15)16-7-3-4-8-17(16)23-18/h1-12,14H. The van der Waals surface area contributed by atoms with E-state index < -0.39 is 0 Å². The molecule has 7 rings (SSSR count). The van der Waals surface area contributed by atoms with Crippen molar-refractivity contribution < 1.29 is 4.79 Å². The number of benzene rings is 2. The molecule has 2 atom stereocenters. The lowest BCUT2D eigenvalue weighted by Crippen LogP contribution is -2.44. The van der Waals surface area contributed by atoms with Crippen LogP contribution in [0, 0.1) is 0 Å². The number of allylic oxidation sites excluding steroid dienone is 6. The monoisotopic (exact) mass is 307 g/mol. The minimum atomic E-state index is -0.380. The minimum absolute atomic E-state index is 0.0472. The molecule has 24 heavy (non-hydrogen) atoms. The van der Waals surface area contributed by atoms with Gasteiger partial charge in [0.25, 0.3) is 0 Å². The van der Waals surface area contributed by atoms with Gasteiger partial charge in [0.05, 0.1) is 16.8 Å². The number of ketones is 1. The Balaban J connectivity index is 1.85. The van der Waals surface area contributed by atoms with E-state index in [1.807, 2.05) is 12.1 Å². The molecule has 0 saturated carbocycles. The SMILES string of the molecule is O=C1C=CC2=Nc3ccccc3C34C=CC(C1=C23)c1ccccc14. The molecule has 2 nitrogen and oxygen atoms in total. The molecule has 0 amide bonds. The van der Waals surface area contributed by atoms with Crippen LogP contribution in [0.3, 0.4) is 0 Å². The van der Waals surface area contributed by atoms with Crippen molar-refractivity contribution >= 4 is 17.2 Å². The van der Waals surface area contributed by atoms with Crippen molar-refractivity contribution in [3.05, 3.63) is 101 Å². The molecule has 2 unspecified atom stereocenters. The maximum atomic E-state index is 12.7. The van der Waals surface area contributed by atoms with Crippen LogP contribution in [0.4, 0.5) is 5.69 Å². The third kappa shape index (κ3) is 1.19. The van der Waals surface area contributed by atoms with Crippen LogP contribution >= 0.6 is 0 Å². The molecule has 2 heteroatoms. The van der Waals surface area contributed by atoms with Crippen molar-refractivity contribution in [3.8, 4) is 0 Å². The molecule has 0 fully saturated rings. The molecular formula is C22H13NO. The summed E-state index contributed by atoms with van der Waals surface area (Å²) < 4.78 is 0. The summed E-state index contributed by atoms with van der Waals surface area (Å²) in [7, 11) is 0. The molecule has 2 aromatic rings. The van der Waals surface area contributed by atoms with E-state index in [-0.39, 0.29) is 17.1 Å². The van der Waals surface area contributed by atoms with Crippen LogP contribution in [-0.4, -0.2) is 11.5 Å². The first kappa shape index (κ1) is 12.4. The van der Waals surface area contributed by atoms with Crippen LogP contribution in [0.5, 0.6) is 0 Å². The average molecular weight is 307 g/mol. The number of rotatable bonds is 0. The van der Waals surface area contributed by atoms with Crippen molar-refractivity contribution in [1.82, 2.24) is 0 Å². The van der Waals surface area contributed by atoms with Gasteiger partial charge in [-0.05, 0) is 34.9 Å². The Morgan fingerprint density at radius 2 is 1.71 bits per heavy atom. The number of nitrogens with zero attached hydrogens (tertiary/aromatic N) is 1. The van der Waals surface area contributed by atoms with Gasteiger partial charge in [-0.15, -0.1) is 0 Å². The maximum absolute atomic E-state index is 12.7. The van der Waals surface area contributed by atoms with E-state index in [1.54, 1.807) is 6.08 Å². The number of hydrogen-bond acceptors (Lipinski definition) is 2. The molecule has 2 bridgehead atoms. The van der Waals surface area contributed by atoms with E-state index in [1.165, 1.54) is 16.7 Å². The lowest BCUT2D eigenvalue weighted by atomic mass is 9.53. The van der Waals surface area contributed by atoms with Crippen LogP contribution in [-0.2, 0) is 10.2 Å². The Morgan fingerprint density at radius 1 is 0.917 bits per heavy atom. The van der Waals surface area contributed by atoms with E-state index in [4.69, 9.17) is 4.99 Å². The third-order valence-electron chi connectivity index (χ3n) is 5.72. The van der Waals surface area contributed by atoms with Gasteiger partial charge in [-0.3, -0.25) is 4.79 Å². The minimum Gasteiger partial charge on any atom is -0.290 e. The van der Waals surface area contributed by atoms with Gasteiger partial charge in [0.15, 0.2) is 5.78 Å². The van der Waals surface area contributed by atoms with Crippen molar-refractivity contribution in [3.63, 3.8) is 0 Å². The molecule has 0 saturated heterocycles. The lowest BCUT2D eigenvalue weighted by Gasteiger charge is -2.49. The normalized spacial score (nSPS) is 27.6. The largest absolute Gasteiger partial charge is 0.290 e. The zero-order valence-corrected chi connectivity index (χ0v) is 12.9. The summed E-state index contributed by atoms with van der Waals surface area (Å²) in [5, 5.41) is 0. The van der Waals surface area contributed by atoms with Crippen molar-refractivity contribution in [2.45, 2.75) is 11.3 Å². The molecule has 112 valence electrons. The molecule has 1 spiro atoms. The van der Waals surface area contributed by atoms with Crippen LogP contribution in [0.2, 0.25) is 0 Å². The fraction of sp³-hybridized carbons (Fsp3) is 0.0909. The van der Waals surface area contributed by atoms with E-state index in [9.17, 15) is 4.79 Å². The molecule has 0 aromatic heterocycles. The van der Waals surface area contributed by atoms with Crippen LogP contribution in [0.15, 0.2) is 89.0 Å².